The summed E-state index contributed by atoms with van der Waals surface area (Å²) < 4.78 is 18.7. The number of hydrogen-bond acceptors (Lipinski definition) is 7. The molecule has 2 aliphatic rings. The molecule has 1 aromatic heterocycles. The van der Waals surface area contributed by atoms with E-state index in [1.807, 2.05) is 12.1 Å². The van der Waals surface area contributed by atoms with Gasteiger partial charge in [0.2, 0.25) is 0 Å². The van der Waals surface area contributed by atoms with Crippen LogP contribution in [0.3, 0.4) is 0 Å². The zero-order chi connectivity index (χ0) is 18.6. The largest absolute Gasteiger partial charge is 0.378 e. The Hall–Kier alpha value is -2.92. The van der Waals surface area contributed by atoms with Crippen molar-refractivity contribution in [3.63, 3.8) is 0 Å². The highest BCUT2D eigenvalue weighted by molar-refractivity contribution is 5.60. The van der Waals surface area contributed by atoms with E-state index < -0.39 is 0 Å². The number of aromatic nitrogens is 2. The monoisotopic (exact) mass is 368 g/mol. The summed E-state index contributed by atoms with van der Waals surface area (Å²) in [5.74, 6) is 1.35. The molecule has 7 nitrogen and oxygen atoms in total. The molecule has 8 heteroatoms. The quantitative estimate of drug-likeness (QED) is 0.816. The molecule has 0 saturated carbocycles. The highest BCUT2D eigenvalue weighted by Crippen LogP contribution is 2.24. The molecule has 2 aliphatic heterocycles. The van der Waals surface area contributed by atoms with Crippen LogP contribution in [0.25, 0.3) is 0 Å². The minimum atomic E-state index is -0.385. The van der Waals surface area contributed by atoms with Crippen LogP contribution in [0, 0.1) is 17.1 Å². The third-order valence-electron chi connectivity index (χ3n) is 4.99. The fourth-order valence-corrected chi connectivity index (χ4v) is 3.50. The van der Waals surface area contributed by atoms with E-state index in [2.05, 4.69) is 31.0 Å². The number of hydrogen-bond donors (Lipinski definition) is 0. The van der Waals surface area contributed by atoms with Crippen LogP contribution in [0.1, 0.15) is 5.56 Å². The Balaban J connectivity index is 1.40. The second-order valence-corrected chi connectivity index (χ2v) is 6.60. The van der Waals surface area contributed by atoms with Crippen LogP contribution in [-0.4, -0.2) is 62.7 Å². The van der Waals surface area contributed by atoms with Crippen LogP contribution in [0.15, 0.2) is 30.3 Å². The summed E-state index contributed by atoms with van der Waals surface area (Å²) >= 11 is 0. The second kappa shape index (κ2) is 7.76. The number of nitriles is 1. The minimum absolute atomic E-state index is 0.373. The van der Waals surface area contributed by atoms with Crippen LogP contribution < -0.4 is 14.7 Å². The number of halogens is 1. The molecule has 0 aliphatic carbocycles. The molecule has 2 aromatic rings. The summed E-state index contributed by atoms with van der Waals surface area (Å²) in [5.41, 5.74) is 1.16. The normalized spacial score (nSPS) is 17.7. The Bertz CT molecular complexity index is 823. The first-order valence-electron chi connectivity index (χ1n) is 9.10. The van der Waals surface area contributed by atoms with Crippen molar-refractivity contribution in [3.05, 3.63) is 41.7 Å². The fourth-order valence-electron chi connectivity index (χ4n) is 3.50. The lowest BCUT2D eigenvalue weighted by atomic mass is 10.1. The molecule has 140 valence electrons. The SMILES string of the molecule is N#Cc1cc(F)ccc1N1CCN(c2ccc(N3CCOCC3)nn2)CC1. The lowest BCUT2D eigenvalue weighted by Gasteiger charge is -2.37. The van der Waals surface area contributed by atoms with Crippen molar-refractivity contribution >= 4 is 17.3 Å². The number of piperazine rings is 1. The molecule has 1 aromatic carbocycles. The molecular formula is C19H21FN6O. The predicted molar refractivity (Wildman–Crippen MR) is 101 cm³/mol. The van der Waals surface area contributed by atoms with Gasteiger partial charge in [0, 0.05) is 39.3 Å². The van der Waals surface area contributed by atoms with Gasteiger partial charge < -0.3 is 19.4 Å². The smallest absolute Gasteiger partial charge is 0.151 e. The third kappa shape index (κ3) is 3.78. The summed E-state index contributed by atoms with van der Waals surface area (Å²) in [5, 5.41) is 18.0. The van der Waals surface area contributed by atoms with Gasteiger partial charge in [-0.1, -0.05) is 0 Å². The number of anilines is 3. The summed E-state index contributed by atoms with van der Waals surface area (Å²) in [6, 6.07) is 10.5. The van der Waals surface area contributed by atoms with E-state index in [-0.39, 0.29) is 5.82 Å². The van der Waals surface area contributed by atoms with Gasteiger partial charge in [0.25, 0.3) is 0 Å². The van der Waals surface area contributed by atoms with Crippen molar-refractivity contribution in [2.45, 2.75) is 0 Å². The third-order valence-corrected chi connectivity index (χ3v) is 4.99. The van der Waals surface area contributed by atoms with E-state index in [9.17, 15) is 9.65 Å². The van der Waals surface area contributed by atoms with Crippen LogP contribution in [0.2, 0.25) is 0 Å². The lowest BCUT2D eigenvalue weighted by Crippen LogP contribution is -2.47. The van der Waals surface area contributed by atoms with Gasteiger partial charge in [-0.3, -0.25) is 0 Å². The maximum atomic E-state index is 13.3. The molecule has 0 atom stereocenters. The average Bonchev–Trinajstić information content (AvgIpc) is 2.74. The van der Waals surface area contributed by atoms with Gasteiger partial charge in [-0.15, -0.1) is 10.2 Å². The molecule has 0 unspecified atom stereocenters. The number of rotatable bonds is 3. The Morgan fingerprint density at radius 3 is 2.04 bits per heavy atom. The van der Waals surface area contributed by atoms with E-state index in [1.165, 1.54) is 12.1 Å². The van der Waals surface area contributed by atoms with Crippen LogP contribution in [0.4, 0.5) is 21.7 Å². The van der Waals surface area contributed by atoms with E-state index >= 15 is 0 Å². The highest BCUT2D eigenvalue weighted by atomic mass is 19.1. The van der Waals surface area contributed by atoms with E-state index in [0.717, 1.165) is 69.8 Å². The standard InChI is InChI=1S/C19H21FN6O/c20-16-1-2-17(15(13-16)14-21)24-5-7-25(8-6-24)18-3-4-19(23-22-18)26-9-11-27-12-10-26/h1-4,13H,5-12H2. The van der Waals surface area contributed by atoms with Gasteiger partial charge in [-0.05, 0) is 30.3 Å². The van der Waals surface area contributed by atoms with Gasteiger partial charge in [0.15, 0.2) is 11.6 Å². The van der Waals surface area contributed by atoms with Crippen molar-refractivity contribution in [1.29, 1.82) is 5.26 Å². The fraction of sp³-hybridized carbons (Fsp3) is 0.421. The number of morpholine rings is 1. The molecule has 4 rings (SSSR count). The molecule has 3 heterocycles. The predicted octanol–water partition coefficient (Wildman–Crippen LogP) is 1.65. The first-order valence-corrected chi connectivity index (χ1v) is 9.10. The zero-order valence-corrected chi connectivity index (χ0v) is 15.0. The Morgan fingerprint density at radius 2 is 1.44 bits per heavy atom. The van der Waals surface area contributed by atoms with Crippen molar-refractivity contribution in [3.8, 4) is 6.07 Å². The number of ether oxygens (including phenoxy) is 1. The summed E-state index contributed by atoms with van der Waals surface area (Å²) in [6.07, 6.45) is 0. The second-order valence-electron chi connectivity index (χ2n) is 6.60. The van der Waals surface area contributed by atoms with Crippen molar-refractivity contribution in [2.75, 3.05) is 67.2 Å². The lowest BCUT2D eigenvalue weighted by molar-refractivity contribution is 0.122. The number of benzene rings is 1. The highest BCUT2D eigenvalue weighted by Gasteiger charge is 2.21. The van der Waals surface area contributed by atoms with Gasteiger partial charge in [-0.25, -0.2) is 4.39 Å². The maximum Gasteiger partial charge on any atom is 0.151 e. The summed E-state index contributed by atoms with van der Waals surface area (Å²) in [7, 11) is 0. The molecule has 2 saturated heterocycles. The molecule has 0 spiro atoms. The van der Waals surface area contributed by atoms with Gasteiger partial charge in [0.1, 0.15) is 11.9 Å². The molecule has 0 radical (unpaired) electrons. The van der Waals surface area contributed by atoms with E-state index in [4.69, 9.17) is 4.74 Å². The minimum Gasteiger partial charge on any atom is -0.378 e. The molecule has 0 N–H and O–H groups in total. The first-order chi connectivity index (χ1) is 13.2. The van der Waals surface area contributed by atoms with Gasteiger partial charge >= 0.3 is 0 Å². The van der Waals surface area contributed by atoms with Crippen molar-refractivity contribution in [2.24, 2.45) is 0 Å². The first kappa shape index (κ1) is 17.5. The Labute approximate surface area is 157 Å². The number of nitrogens with zero attached hydrogens (tertiary/aromatic N) is 6. The van der Waals surface area contributed by atoms with Crippen LogP contribution >= 0.6 is 0 Å². The summed E-state index contributed by atoms with van der Waals surface area (Å²) in [4.78, 5) is 6.47. The molecule has 0 amide bonds. The summed E-state index contributed by atoms with van der Waals surface area (Å²) in [6.45, 7) is 6.15. The van der Waals surface area contributed by atoms with E-state index in [0.29, 0.717) is 5.56 Å². The zero-order valence-electron chi connectivity index (χ0n) is 15.0. The maximum absolute atomic E-state index is 13.3. The van der Waals surface area contributed by atoms with Gasteiger partial charge in [-0.2, -0.15) is 5.26 Å². The topological polar surface area (TPSA) is 68.5 Å². The van der Waals surface area contributed by atoms with Crippen molar-refractivity contribution < 1.29 is 9.13 Å². The molecule has 27 heavy (non-hydrogen) atoms. The Kier molecular flexibility index (Phi) is 5.03. The average molecular weight is 368 g/mol. The Morgan fingerprint density at radius 1 is 0.852 bits per heavy atom. The molecule has 2 fully saturated rings. The molecule has 0 bridgehead atoms. The van der Waals surface area contributed by atoms with Gasteiger partial charge in [0.05, 0.1) is 24.5 Å². The van der Waals surface area contributed by atoms with Crippen molar-refractivity contribution in [1.82, 2.24) is 10.2 Å². The van der Waals surface area contributed by atoms with Crippen LogP contribution in [-0.2, 0) is 4.74 Å². The van der Waals surface area contributed by atoms with Crippen LogP contribution in [0.5, 0.6) is 0 Å². The van der Waals surface area contributed by atoms with E-state index in [1.54, 1.807) is 6.07 Å². The molecular weight excluding hydrogens is 347 g/mol.